The normalized spacial score (nSPS) is 12.3. The summed E-state index contributed by atoms with van der Waals surface area (Å²) in [5.41, 5.74) is 2.40. The lowest BCUT2D eigenvalue weighted by Gasteiger charge is -2.21. The van der Waals surface area contributed by atoms with Crippen LogP contribution in [0.2, 0.25) is 0 Å². The van der Waals surface area contributed by atoms with Crippen LogP contribution in [0.4, 0.5) is 4.39 Å². The number of benzene rings is 1. The fourth-order valence-electron chi connectivity index (χ4n) is 2.05. The van der Waals surface area contributed by atoms with Gasteiger partial charge in [0, 0.05) is 12.6 Å². The van der Waals surface area contributed by atoms with E-state index in [9.17, 15) is 4.39 Å². The SMILES string of the molecule is Cc1cc2c(cc1F)nc(CCl)n2CC(C)(C)C. The maximum Gasteiger partial charge on any atom is 0.128 e. The van der Waals surface area contributed by atoms with Crippen molar-refractivity contribution < 1.29 is 4.39 Å². The van der Waals surface area contributed by atoms with Gasteiger partial charge < -0.3 is 4.57 Å². The molecule has 0 radical (unpaired) electrons. The molecule has 0 aliphatic heterocycles. The first kappa shape index (κ1) is 13.3. The summed E-state index contributed by atoms with van der Waals surface area (Å²) in [5.74, 6) is 0.918. The van der Waals surface area contributed by atoms with Gasteiger partial charge in [0.1, 0.15) is 11.6 Å². The first-order valence-corrected chi connectivity index (χ1v) is 6.56. The molecule has 2 rings (SSSR count). The molecule has 0 aliphatic rings. The molecule has 0 bridgehead atoms. The van der Waals surface area contributed by atoms with E-state index in [-0.39, 0.29) is 11.2 Å². The summed E-state index contributed by atoms with van der Waals surface area (Å²) in [6.45, 7) is 9.06. The van der Waals surface area contributed by atoms with Gasteiger partial charge >= 0.3 is 0 Å². The molecule has 0 spiro atoms. The minimum atomic E-state index is -0.218. The number of nitrogens with zero attached hydrogens (tertiary/aromatic N) is 2. The molecule has 0 fully saturated rings. The van der Waals surface area contributed by atoms with Crippen molar-refractivity contribution in [2.24, 2.45) is 5.41 Å². The van der Waals surface area contributed by atoms with Gasteiger partial charge in [0.05, 0.1) is 16.9 Å². The van der Waals surface area contributed by atoms with E-state index in [1.807, 2.05) is 6.07 Å². The molecule has 4 heteroatoms. The van der Waals surface area contributed by atoms with E-state index in [4.69, 9.17) is 11.6 Å². The molecule has 0 aliphatic carbocycles. The van der Waals surface area contributed by atoms with Gasteiger partial charge in [-0.15, -0.1) is 11.6 Å². The summed E-state index contributed by atoms with van der Waals surface area (Å²) in [6, 6.07) is 3.33. The van der Waals surface area contributed by atoms with Gasteiger partial charge in [0.15, 0.2) is 0 Å². The molecule has 0 atom stereocenters. The van der Waals surface area contributed by atoms with Crippen LogP contribution in [0.25, 0.3) is 11.0 Å². The predicted molar refractivity (Wildman–Crippen MR) is 73.4 cm³/mol. The molecule has 2 nitrogen and oxygen atoms in total. The van der Waals surface area contributed by atoms with E-state index < -0.39 is 0 Å². The van der Waals surface area contributed by atoms with E-state index in [0.29, 0.717) is 17.0 Å². The standard InChI is InChI=1S/C14H18ClFN2/c1-9-5-12-11(6-10(9)16)17-13(7-15)18(12)8-14(2,3)4/h5-6H,7-8H2,1-4H3. The summed E-state index contributed by atoms with van der Waals surface area (Å²) < 4.78 is 15.6. The van der Waals surface area contributed by atoms with Crippen LogP contribution in [0.1, 0.15) is 32.2 Å². The third-order valence-electron chi connectivity index (χ3n) is 2.86. The average molecular weight is 269 g/mol. The van der Waals surface area contributed by atoms with Crippen LogP contribution in [0.15, 0.2) is 12.1 Å². The van der Waals surface area contributed by atoms with Crippen LogP contribution in [0.3, 0.4) is 0 Å². The summed E-state index contributed by atoms with van der Waals surface area (Å²) in [4.78, 5) is 4.41. The van der Waals surface area contributed by atoms with Crippen LogP contribution in [-0.4, -0.2) is 9.55 Å². The Labute approximate surface area is 112 Å². The average Bonchev–Trinajstić information content (AvgIpc) is 2.55. The summed E-state index contributed by atoms with van der Waals surface area (Å²) in [6.07, 6.45) is 0. The van der Waals surface area contributed by atoms with Crippen molar-refractivity contribution in [2.75, 3.05) is 0 Å². The largest absolute Gasteiger partial charge is 0.326 e. The Balaban J connectivity index is 2.65. The number of aryl methyl sites for hydroxylation is 1. The van der Waals surface area contributed by atoms with E-state index in [2.05, 4.69) is 30.3 Å². The van der Waals surface area contributed by atoms with E-state index in [1.165, 1.54) is 6.07 Å². The zero-order chi connectivity index (χ0) is 13.5. The highest BCUT2D eigenvalue weighted by Crippen LogP contribution is 2.25. The topological polar surface area (TPSA) is 17.8 Å². The molecule has 0 N–H and O–H groups in total. The van der Waals surface area contributed by atoms with Crippen LogP contribution in [0, 0.1) is 18.2 Å². The third-order valence-corrected chi connectivity index (χ3v) is 3.10. The molecule has 2 aromatic rings. The summed E-state index contributed by atoms with van der Waals surface area (Å²) in [5, 5.41) is 0. The van der Waals surface area contributed by atoms with Crippen molar-refractivity contribution >= 4 is 22.6 Å². The molecular weight excluding hydrogens is 251 g/mol. The zero-order valence-electron chi connectivity index (χ0n) is 11.2. The van der Waals surface area contributed by atoms with Gasteiger partial charge in [-0.25, -0.2) is 9.37 Å². The molecule has 0 saturated heterocycles. The minimum Gasteiger partial charge on any atom is -0.326 e. The molecule has 0 unspecified atom stereocenters. The van der Waals surface area contributed by atoms with Crippen molar-refractivity contribution in [3.05, 3.63) is 29.3 Å². The molecule has 1 heterocycles. The van der Waals surface area contributed by atoms with Gasteiger partial charge in [-0.2, -0.15) is 0 Å². The molecule has 1 aromatic heterocycles. The van der Waals surface area contributed by atoms with Crippen molar-refractivity contribution in [3.63, 3.8) is 0 Å². The first-order chi connectivity index (χ1) is 8.31. The van der Waals surface area contributed by atoms with E-state index in [1.54, 1.807) is 6.92 Å². The third kappa shape index (κ3) is 2.51. The number of fused-ring (bicyclic) bond motifs is 1. The molecule has 18 heavy (non-hydrogen) atoms. The smallest absolute Gasteiger partial charge is 0.128 e. The number of aromatic nitrogens is 2. The second kappa shape index (κ2) is 4.54. The van der Waals surface area contributed by atoms with Gasteiger partial charge in [0.2, 0.25) is 0 Å². The van der Waals surface area contributed by atoms with E-state index in [0.717, 1.165) is 17.9 Å². The van der Waals surface area contributed by atoms with Crippen molar-refractivity contribution in [1.82, 2.24) is 9.55 Å². The second-order valence-corrected chi connectivity index (χ2v) is 6.17. The highest BCUT2D eigenvalue weighted by Gasteiger charge is 2.18. The maximum atomic E-state index is 13.5. The van der Waals surface area contributed by atoms with Crippen LogP contribution in [-0.2, 0) is 12.4 Å². The Morgan fingerprint density at radius 2 is 2.00 bits per heavy atom. The maximum absolute atomic E-state index is 13.5. The van der Waals surface area contributed by atoms with Crippen LogP contribution in [0.5, 0.6) is 0 Å². The van der Waals surface area contributed by atoms with Crippen molar-refractivity contribution in [3.8, 4) is 0 Å². The molecule has 98 valence electrons. The van der Waals surface area contributed by atoms with Gasteiger partial charge in [0.25, 0.3) is 0 Å². The number of rotatable bonds is 2. The lowest BCUT2D eigenvalue weighted by Crippen LogP contribution is -2.17. The Morgan fingerprint density at radius 3 is 2.56 bits per heavy atom. The van der Waals surface area contributed by atoms with Gasteiger partial charge in [-0.3, -0.25) is 0 Å². The van der Waals surface area contributed by atoms with E-state index >= 15 is 0 Å². The van der Waals surface area contributed by atoms with Crippen LogP contribution >= 0.6 is 11.6 Å². The lowest BCUT2D eigenvalue weighted by molar-refractivity contribution is 0.344. The number of alkyl halides is 1. The number of imidazole rings is 1. The predicted octanol–water partition coefficient (Wildman–Crippen LogP) is 4.27. The summed E-state index contributed by atoms with van der Waals surface area (Å²) in [7, 11) is 0. The number of hydrogen-bond acceptors (Lipinski definition) is 1. The minimum absolute atomic E-state index is 0.122. The van der Waals surface area contributed by atoms with Crippen molar-refractivity contribution in [2.45, 2.75) is 40.1 Å². The number of hydrogen-bond donors (Lipinski definition) is 0. The lowest BCUT2D eigenvalue weighted by atomic mass is 9.96. The quantitative estimate of drug-likeness (QED) is 0.744. The molecule has 0 saturated carbocycles. The highest BCUT2D eigenvalue weighted by atomic mass is 35.5. The fourth-order valence-corrected chi connectivity index (χ4v) is 2.26. The van der Waals surface area contributed by atoms with Crippen LogP contribution < -0.4 is 0 Å². The first-order valence-electron chi connectivity index (χ1n) is 6.03. The molecule has 1 aromatic carbocycles. The Hall–Kier alpha value is -1.09. The van der Waals surface area contributed by atoms with Gasteiger partial charge in [-0.1, -0.05) is 20.8 Å². The zero-order valence-corrected chi connectivity index (χ0v) is 12.0. The fraction of sp³-hybridized carbons (Fsp3) is 0.500. The highest BCUT2D eigenvalue weighted by molar-refractivity contribution is 6.16. The Bertz CT molecular complexity index is 581. The Morgan fingerprint density at radius 1 is 1.33 bits per heavy atom. The summed E-state index contributed by atoms with van der Waals surface area (Å²) >= 11 is 5.93. The number of halogens is 2. The monoisotopic (exact) mass is 268 g/mol. The van der Waals surface area contributed by atoms with Crippen molar-refractivity contribution in [1.29, 1.82) is 0 Å². The molecule has 0 amide bonds. The Kier molecular flexibility index (Phi) is 3.37. The second-order valence-electron chi connectivity index (χ2n) is 5.90. The molecular formula is C14H18ClFN2. The van der Waals surface area contributed by atoms with Gasteiger partial charge in [-0.05, 0) is 24.0 Å².